The van der Waals surface area contributed by atoms with Crippen LogP contribution >= 0.6 is 0 Å². The number of piperidine rings is 1. The highest BCUT2D eigenvalue weighted by molar-refractivity contribution is 5.93. The molecule has 0 spiro atoms. The van der Waals surface area contributed by atoms with Gasteiger partial charge in [-0.15, -0.1) is 0 Å². The number of carbonyl (C=O) groups is 1. The maximum absolute atomic E-state index is 12.5. The van der Waals surface area contributed by atoms with Crippen LogP contribution in [0.1, 0.15) is 37.3 Å². The predicted molar refractivity (Wildman–Crippen MR) is 90.1 cm³/mol. The molecule has 0 radical (unpaired) electrons. The van der Waals surface area contributed by atoms with Gasteiger partial charge in [-0.1, -0.05) is 12.1 Å². The highest BCUT2D eigenvalue weighted by Crippen LogP contribution is 2.27. The van der Waals surface area contributed by atoms with Crippen molar-refractivity contribution >= 4 is 17.3 Å². The molecule has 0 aliphatic carbocycles. The summed E-state index contributed by atoms with van der Waals surface area (Å²) in [5, 5.41) is 3.08. The summed E-state index contributed by atoms with van der Waals surface area (Å²) in [6, 6.07) is 3.67. The molecule has 1 aliphatic rings. The molecule has 118 valence electrons. The minimum Gasteiger partial charge on any atom is -0.321 e. The maximum Gasteiger partial charge on any atom is 0.279 e. The van der Waals surface area contributed by atoms with Gasteiger partial charge in [-0.2, -0.15) is 0 Å². The molecule has 0 saturated carbocycles. The SMILES string of the molecule is [C-]#[N+]c1cc(C)c(NC(=O)C[N+]2(CC)CCCCC2)c(C)c1. The second-order valence-corrected chi connectivity index (χ2v) is 6.44. The van der Waals surface area contributed by atoms with Crippen LogP contribution in [-0.2, 0) is 4.79 Å². The fourth-order valence-corrected chi connectivity index (χ4v) is 3.46. The zero-order chi connectivity index (χ0) is 16.2. The Balaban J connectivity index is 2.11. The number of likely N-dealkylation sites (tertiary alicyclic amines) is 1. The minimum absolute atomic E-state index is 0.0884. The Labute approximate surface area is 133 Å². The third kappa shape index (κ3) is 3.66. The highest BCUT2D eigenvalue weighted by atomic mass is 16.2. The number of hydrogen-bond acceptors (Lipinski definition) is 1. The summed E-state index contributed by atoms with van der Waals surface area (Å²) >= 11 is 0. The maximum atomic E-state index is 12.5. The van der Waals surface area contributed by atoms with Crippen molar-refractivity contribution in [2.75, 3.05) is 31.5 Å². The molecular formula is C18H26N3O+. The largest absolute Gasteiger partial charge is 0.321 e. The number of anilines is 1. The lowest BCUT2D eigenvalue weighted by molar-refractivity contribution is -0.923. The number of likely N-dealkylation sites (N-methyl/N-ethyl adjacent to an activating group) is 1. The van der Waals surface area contributed by atoms with Crippen LogP contribution in [-0.4, -0.2) is 36.6 Å². The monoisotopic (exact) mass is 300 g/mol. The molecule has 0 bridgehead atoms. The Bertz CT molecular complexity index is 572. The highest BCUT2D eigenvalue weighted by Gasteiger charge is 2.30. The number of aryl methyl sites for hydroxylation is 2. The topological polar surface area (TPSA) is 33.5 Å². The third-order valence-corrected chi connectivity index (χ3v) is 4.83. The molecule has 1 amide bonds. The van der Waals surface area contributed by atoms with Gasteiger partial charge in [0, 0.05) is 5.69 Å². The van der Waals surface area contributed by atoms with Crippen molar-refractivity contribution in [3.05, 3.63) is 34.7 Å². The van der Waals surface area contributed by atoms with Crippen molar-refractivity contribution in [1.29, 1.82) is 0 Å². The van der Waals surface area contributed by atoms with Crippen LogP contribution in [0.4, 0.5) is 11.4 Å². The van der Waals surface area contributed by atoms with E-state index in [4.69, 9.17) is 6.57 Å². The van der Waals surface area contributed by atoms with Gasteiger partial charge in [0.2, 0.25) is 0 Å². The van der Waals surface area contributed by atoms with Crippen LogP contribution in [0.25, 0.3) is 4.85 Å². The predicted octanol–water partition coefficient (Wildman–Crippen LogP) is 3.81. The van der Waals surface area contributed by atoms with Crippen LogP contribution in [0.3, 0.4) is 0 Å². The second-order valence-electron chi connectivity index (χ2n) is 6.44. The first kappa shape index (κ1) is 16.5. The first-order valence-electron chi connectivity index (χ1n) is 8.13. The Morgan fingerprint density at radius 3 is 2.32 bits per heavy atom. The number of quaternary nitrogens is 1. The number of amides is 1. The average Bonchev–Trinajstić information content (AvgIpc) is 2.51. The van der Waals surface area contributed by atoms with Gasteiger partial charge in [0.15, 0.2) is 12.2 Å². The second kappa shape index (κ2) is 6.93. The average molecular weight is 300 g/mol. The van der Waals surface area contributed by atoms with Crippen molar-refractivity contribution in [2.45, 2.75) is 40.0 Å². The van der Waals surface area contributed by atoms with Gasteiger partial charge in [-0.25, -0.2) is 4.85 Å². The molecule has 0 aromatic heterocycles. The normalized spacial score (nSPS) is 16.8. The Kier molecular flexibility index (Phi) is 5.20. The van der Waals surface area contributed by atoms with Gasteiger partial charge < -0.3 is 9.80 Å². The quantitative estimate of drug-likeness (QED) is 0.665. The van der Waals surface area contributed by atoms with E-state index in [-0.39, 0.29) is 5.91 Å². The summed E-state index contributed by atoms with van der Waals surface area (Å²) in [4.78, 5) is 16.0. The van der Waals surface area contributed by atoms with Crippen LogP contribution in [0.15, 0.2) is 12.1 Å². The first-order chi connectivity index (χ1) is 10.5. The van der Waals surface area contributed by atoms with E-state index in [1.54, 1.807) is 0 Å². The summed E-state index contributed by atoms with van der Waals surface area (Å²) < 4.78 is 0.907. The van der Waals surface area contributed by atoms with Crippen LogP contribution < -0.4 is 5.32 Å². The zero-order valence-electron chi connectivity index (χ0n) is 13.9. The standard InChI is InChI=1S/C18H25N3O/c1-5-21(9-7-6-8-10-21)13-17(22)20-18-14(2)11-16(19-4)12-15(18)3/h11-12H,5-10,13H2,1-3H3/p+1. The van der Waals surface area contributed by atoms with E-state index in [1.807, 2.05) is 26.0 Å². The van der Waals surface area contributed by atoms with E-state index in [2.05, 4.69) is 17.1 Å². The summed E-state index contributed by atoms with van der Waals surface area (Å²) in [6.45, 7) is 17.0. The van der Waals surface area contributed by atoms with Crippen molar-refractivity contribution in [1.82, 2.24) is 0 Å². The molecule has 1 aromatic rings. The number of carbonyl (C=O) groups excluding carboxylic acids is 1. The Hall–Kier alpha value is -1.86. The molecule has 4 heteroatoms. The lowest BCUT2D eigenvalue weighted by Crippen LogP contribution is -2.55. The van der Waals surface area contributed by atoms with E-state index in [0.29, 0.717) is 12.2 Å². The fourth-order valence-electron chi connectivity index (χ4n) is 3.46. The van der Waals surface area contributed by atoms with Gasteiger partial charge in [-0.05, 0) is 51.2 Å². The number of nitrogens with one attached hydrogen (secondary N) is 1. The summed E-state index contributed by atoms with van der Waals surface area (Å²) in [5.41, 5.74) is 3.41. The molecule has 0 unspecified atom stereocenters. The van der Waals surface area contributed by atoms with Gasteiger partial charge >= 0.3 is 0 Å². The Morgan fingerprint density at radius 2 is 1.82 bits per heavy atom. The van der Waals surface area contributed by atoms with E-state index in [0.717, 1.165) is 40.9 Å². The van der Waals surface area contributed by atoms with Crippen molar-refractivity contribution in [3.63, 3.8) is 0 Å². The summed E-state index contributed by atoms with van der Waals surface area (Å²) in [7, 11) is 0. The van der Waals surface area contributed by atoms with Gasteiger partial charge in [0.05, 0.1) is 26.2 Å². The van der Waals surface area contributed by atoms with Crippen LogP contribution in [0, 0.1) is 20.4 Å². The first-order valence-corrected chi connectivity index (χ1v) is 8.13. The molecule has 0 atom stereocenters. The molecule has 1 heterocycles. The van der Waals surface area contributed by atoms with E-state index < -0.39 is 0 Å². The molecule has 1 fully saturated rings. The Morgan fingerprint density at radius 1 is 1.23 bits per heavy atom. The third-order valence-electron chi connectivity index (χ3n) is 4.83. The summed E-state index contributed by atoms with van der Waals surface area (Å²) in [5.74, 6) is 0.0884. The fraction of sp³-hybridized carbons (Fsp3) is 0.556. The molecule has 1 N–H and O–H groups in total. The molecule has 4 nitrogen and oxygen atoms in total. The lowest BCUT2D eigenvalue weighted by atomic mass is 10.1. The van der Waals surface area contributed by atoms with Crippen LogP contribution in [0.2, 0.25) is 0 Å². The van der Waals surface area contributed by atoms with Crippen LogP contribution in [0.5, 0.6) is 0 Å². The van der Waals surface area contributed by atoms with Crippen molar-refractivity contribution in [3.8, 4) is 0 Å². The van der Waals surface area contributed by atoms with E-state index >= 15 is 0 Å². The molecule has 2 rings (SSSR count). The van der Waals surface area contributed by atoms with Crippen molar-refractivity contribution < 1.29 is 9.28 Å². The molecular weight excluding hydrogens is 274 g/mol. The molecule has 22 heavy (non-hydrogen) atoms. The molecule has 1 aliphatic heterocycles. The summed E-state index contributed by atoms with van der Waals surface area (Å²) in [6.07, 6.45) is 3.73. The number of benzene rings is 1. The lowest BCUT2D eigenvalue weighted by Gasteiger charge is -2.40. The van der Waals surface area contributed by atoms with Crippen molar-refractivity contribution in [2.24, 2.45) is 0 Å². The zero-order valence-corrected chi connectivity index (χ0v) is 13.9. The smallest absolute Gasteiger partial charge is 0.279 e. The number of rotatable bonds is 4. The van der Waals surface area contributed by atoms with E-state index in [1.165, 1.54) is 19.3 Å². The minimum atomic E-state index is 0.0884. The van der Waals surface area contributed by atoms with Gasteiger partial charge in [0.25, 0.3) is 5.91 Å². The van der Waals surface area contributed by atoms with E-state index in [9.17, 15) is 4.79 Å². The molecule has 1 aromatic carbocycles. The van der Waals surface area contributed by atoms with Gasteiger partial charge in [-0.3, -0.25) is 4.79 Å². The number of hydrogen-bond donors (Lipinski definition) is 1. The van der Waals surface area contributed by atoms with Gasteiger partial charge in [0.1, 0.15) is 0 Å². The molecule has 1 saturated heterocycles. The number of nitrogens with zero attached hydrogens (tertiary/aromatic N) is 2.